The standard InChI is InChI=1S/C24H33Cl2N7O4/c1-16(2)14-20(28-15-34)22(35)27-12-7-13-31(17-8-4-3-5-9-17)23(36)33-24(37)32(29-30-33)21-18(25)10-6-11-19(21)26/h6,10-11,15-17,20H,3-5,7-9,12-14H2,1-2H3,(H,27,35)(H,28,34)/t20-/m1/s1. The zero-order valence-electron chi connectivity index (χ0n) is 21.0. The SMILES string of the molecule is CC(C)C[C@@H](NC=O)C(=O)NCCCN(C(=O)n1nnn(-c2c(Cl)cccc2Cl)c1=O)C1CCCCC1. The maximum Gasteiger partial charge on any atom is 0.377 e. The molecule has 202 valence electrons. The van der Waals surface area contributed by atoms with Crippen LogP contribution in [0.5, 0.6) is 0 Å². The molecule has 0 aliphatic heterocycles. The molecule has 1 fully saturated rings. The number of nitrogens with one attached hydrogen (secondary N) is 2. The zero-order valence-corrected chi connectivity index (χ0v) is 22.5. The minimum atomic E-state index is -0.773. The largest absolute Gasteiger partial charge is 0.377 e. The van der Waals surface area contributed by atoms with E-state index in [1.54, 1.807) is 23.1 Å². The third kappa shape index (κ3) is 7.32. The Morgan fingerprint density at radius 2 is 1.84 bits per heavy atom. The fraction of sp³-hybridized carbons (Fsp3) is 0.583. The summed E-state index contributed by atoms with van der Waals surface area (Å²) in [5, 5.41) is 13.4. The van der Waals surface area contributed by atoms with Crippen LogP contribution in [0.2, 0.25) is 10.0 Å². The van der Waals surface area contributed by atoms with Crippen molar-refractivity contribution in [2.75, 3.05) is 13.1 Å². The maximum atomic E-state index is 13.5. The lowest BCUT2D eigenvalue weighted by molar-refractivity contribution is -0.125. The van der Waals surface area contributed by atoms with Crippen molar-refractivity contribution in [1.82, 2.24) is 35.3 Å². The van der Waals surface area contributed by atoms with Crippen molar-refractivity contribution in [2.45, 2.75) is 70.9 Å². The Kier molecular flexibility index (Phi) is 10.5. The second kappa shape index (κ2) is 13.6. The number of carbonyl (C=O) groups excluding carboxylic acids is 3. The first kappa shape index (κ1) is 28.6. The van der Waals surface area contributed by atoms with Gasteiger partial charge in [-0.25, -0.2) is 9.59 Å². The number of halogens is 2. The topological polar surface area (TPSA) is 131 Å². The molecule has 3 rings (SSSR count). The Balaban J connectivity index is 1.73. The number of carbonyl (C=O) groups is 3. The van der Waals surface area contributed by atoms with Crippen molar-refractivity contribution in [3.63, 3.8) is 0 Å². The summed E-state index contributed by atoms with van der Waals surface area (Å²) >= 11 is 12.4. The highest BCUT2D eigenvalue weighted by Gasteiger charge is 2.29. The van der Waals surface area contributed by atoms with E-state index >= 15 is 0 Å². The van der Waals surface area contributed by atoms with Crippen LogP contribution in [0.3, 0.4) is 0 Å². The smallest absolute Gasteiger partial charge is 0.354 e. The first-order valence-electron chi connectivity index (χ1n) is 12.5. The van der Waals surface area contributed by atoms with Gasteiger partial charge in [-0.05, 0) is 54.2 Å². The van der Waals surface area contributed by atoms with Crippen LogP contribution in [-0.2, 0) is 9.59 Å². The van der Waals surface area contributed by atoms with Crippen LogP contribution >= 0.6 is 23.2 Å². The van der Waals surface area contributed by atoms with E-state index in [4.69, 9.17) is 23.2 Å². The fourth-order valence-corrected chi connectivity index (χ4v) is 5.09. The number of aromatic nitrogens is 4. The number of nitrogens with zero attached hydrogens (tertiary/aromatic N) is 5. The molecular weight excluding hydrogens is 521 g/mol. The minimum Gasteiger partial charge on any atom is -0.354 e. The summed E-state index contributed by atoms with van der Waals surface area (Å²) in [6, 6.07) is 3.52. The number of hydrogen-bond acceptors (Lipinski definition) is 6. The highest BCUT2D eigenvalue weighted by molar-refractivity contribution is 6.37. The highest BCUT2D eigenvalue weighted by atomic mass is 35.5. The average Bonchev–Trinajstić information content (AvgIpc) is 3.24. The first-order valence-corrected chi connectivity index (χ1v) is 13.3. The average molecular weight is 554 g/mol. The van der Waals surface area contributed by atoms with E-state index in [0.717, 1.165) is 41.5 Å². The summed E-state index contributed by atoms with van der Waals surface area (Å²) in [5.41, 5.74) is -0.618. The van der Waals surface area contributed by atoms with Gasteiger partial charge in [-0.2, -0.15) is 4.68 Å². The Morgan fingerprint density at radius 3 is 2.46 bits per heavy atom. The molecule has 2 N–H and O–H groups in total. The van der Waals surface area contributed by atoms with Crippen LogP contribution in [0.25, 0.3) is 5.69 Å². The molecule has 11 nitrogen and oxygen atoms in total. The summed E-state index contributed by atoms with van der Waals surface area (Å²) in [5.74, 6) is -0.0397. The van der Waals surface area contributed by atoms with Crippen molar-refractivity contribution >= 4 is 41.6 Å². The summed E-state index contributed by atoms with van der Waals surface area (Å²) in [7, 11) is 0. The number of rotatable bonds is 11. The zero-order chi connectivity index (χ0) is 26.9. The third-order valence-corrected chi connectivity index (χ3v) is 6.95. The van der Waals surface area contributed by atoms with Gasteiger partial charge in [-0.1, -0.05) is 62.4 Å². The molecule has 37 heavy (non-hydrogen) atoms. The van der Waals surface area contributed by atoms with E-state index in [1.165, 1.54) is 0 Å². The Labute approximate surface area is 225 Å². The Hall–Kier alpha value is -2.92. The number of amides is 3. The second-order valence-corrected chi connectivity index (χ2v) is 10.3. The van der Waals surface area contributed by atoms with Crippen LogP contribution in [0.1, 0.15) is 58.8 Å². The lowest BCUT2D eigenvalue weighted by Crippen LogP contribution is -2.48. The van der Waals surface area contributed by atoms with Crippen molar-refractivity contribution < 1.29 is 14.4 Å². The van der Waals surface area contributed by atoms with Gasteiger partial charge < -0.3 is 15.5 Å². The van der Waals surface area contributed by atoms with E-state index in [-0.39, 0.29) is 33.6 Å². The molecule has 0 spiro atoms. The van der Waals surface area contributed by atoms with E-state index in [1.807, 2.05) is 13.8 Å². The van der Waals surface area contributed by atoms with Gasteiger partial charge in [0, 0.05) is 19.1 Å². The predicted octanol–water partition coefficient (Wildman–Crippen LogP) is 3.01. The van der Waals surface area contributed by atoms with Crippen molar-refractivity contribution in [1.29, 1.82) is 0 Å². The van der Waals surface area contributed by atoms with E-state index in [2.05, 4.69) is 21.1 Å². The summed E-state index contributed by atoms with van der Waals surface area (Å²) in [6.07, 6.45) is 6.20. The van der Waals surface area contributed by atoms with E-state index in [9.17, 15) is 19.2 Å². The fourth-order valence-electron chi connectivity index (χ4n) is 4.54. The van der Waals surface area contributed by atoms with Gasteiger partial charge in [0.25, 0.3) is 0 Å². The molecule has 1 aromatic heterocycles. The van der Waals surface area contributed by atoms with E-state index in [0.29, 0.717) is 32.3 Å². The third-order valence-electron chi connectivity index (χ3n) is 6.34. The summed E-state index contributed by atoms with van der Waals surface area (Å²) in [6.45, 7) is 4.56. The molecule has 1 aliphatic rings. The highest BCUT2D eigenvalue weighted by Crippen LogP contribution is 2.27. The molecule has 1 aromatic carbocycles. The van der Waals surface area contributed by atoms with Crippen LogP contribution in [0, 0.1) is 5.92 Å². The molecule has 1 aliphatic carbocycles. The van der Waals surface area contributed by atoms with Gasteiger partial charge in [-0.3, -0.25) is 9.59 Å². The van der Waals surface area contributed by atoms with Gasteiger partial charge in [0.05, 0.1) is 10.0 Å². The lowest BCUT2D eigenvalue weighted by Gasteiger charge is -2.33. The molecule has 0 radical (unpaired) electrons. The molecule has 3 amide bonds. The molecule has 2 aromatic rings. The Morgan fingerprint density at radius 1 is 1.16 bits per heavy atom. The van der Waals surface area contributed by atoms with Crippen LogP contribution in [-0.4, -0.2) is 68.2 Å². The van der Waals surface area contributed by atoms with Crippen LogP contribution < -0.4 is 16.3 Å². The summed E-state index contributed by atoms with van der Waals surface area (Å²) in [4.78, 5) is 51.6. The maximum absolute atomic E-state index is 13.5. The molecular formula is C24H33Cl2N7O4. The molecule has 0 bridgehead atoms. The van der Waals surface area contributed by atoms with Crippen molar-refractivity contribution in [2.24, 2.45) is 5.92 Å². The number of tetrazole rings is 1. The quantitative estimate of drug-likeness (QED) is 0.250. The number of para-hydroxylation sites is 1. The molecule has 1 saturated carbocycles. The normalized spacial score (nSPS) is 14.8. The molecule has 1 heterocycles. The predicted molar refractivity (Wildman–Crippen MR) is 140 cm³/mol. The second-order valence-electron chi connectivity index (χ2n) is 9.53. The number of benzene rings is 1. The number of hydrogen-bond donors (Lipinski definition) is 2. The monoisotopic (exact) mass is 553 g/mol. The van der Waals surface area contributed by atoms with Gasteiger partial charge in [0.1, 0.15) is 11.7 Å². The Bertz CT molecular complexity index is 1120. The van der Waals surface area contributed by atoms with Crippen LogP contribution in [0.4, 0.5) is 4.79 Å². The summed E-state index contributed by atoms with van der Waals surface area (Å²) < 4.78 is 1.64. The van der Waals surface area contributed by atoms with E-state index < -0.39 is 17.8 Å². The van der Waals surface area contributed by atoms with Gasteiger partial charge in [0.2, 0.25) is 12.3 Å². The molecule has 0 saturated heterocycles. The van der Waals surface area contributed by atoms with Crippen molar-refractivity contribution in [3.05, 3.63) is 38.7 Å². The molecule has 13 heteroatoms. The minimum absolute atomic E-state index is 0.0525. The molecule has 1 atom stereocenters. The van der Waals surface area contributed by atoms with Gasteiger partial charge in [-0.15, -0.1) is 4.68 Å². The first-order chi connectivity index (χ1) is 17.7. The van der Waals surface area contributed by atoms with Crippen molar-refractivity contribution in [3.8, 4) is 5.69 Å². The van der Waals surface area contributed by atoms with Gasteiger partial charge in [0.15, 0.2) is 0 Å². The van der Waals surface area contributed by atoms with Gasteiger partial charge >= 0.3 is 11.7 Å². The lowest BCUT2D eigenvalue weighted by atomic mass is 9.94. The van der Waals surface area contributed by atoms with Crippen LogP contribution in [0.15, 0.2) is 23.0 Å². The molecule has 0 unspecified atom stereocenters.